The minimum absolute atomic E-state index is 0.0242. The first-order chi connectivity index (χ1) is 16.5. The molecule has 0 fully saturated rings. The van der Waals surface area contributed by atoms with Gasteiger partial charge in [0.25, 0.3) is 0 Å². The summed E-state index contributed by atoms with van der Waals surface area (Å²) in [5, 5.41) is 8.38. The smallest absolute Gasteiger partial charge is 0.336 e. The van der Waals surface area contributed by atoms with Gasteiger partial charge < -0.3 is 16.0 Å². The standard InChI is InChI=1S/C24H21Cl2F3N4O2/c1-15-5-7-17(8-6-15)32-23(35)33(19-4-2-3-16(13-19)24(27,28)29)12-11-30-22(34)31-18-9-10-20(25)21(26)14-18/h2-10,13-14H,11-12H2,1H3,(H,32,35)(H2,30,31,34). The van der Waals surface area contributed by atoms with Crippen molar-refractivity contribution in [2.75, 3.05) is 28.6 Å². The fourth-order valence-corrected chi connectivity index (χ4v) is 3.35. The number of alkyl halides is 3. The summed E-state index contributed by atoms with van der Waals surface area (Å²) < 4.78 is 39.7. The molecule has 4 amide bonds. The van der Waals surface area contributed by atoms with Crippen LogP contribution in [0, 0.1) is 6.92 Å². The summed E-state index contributed by atoms with van der Waals surface area (Å²) in [5.41, 5.74) is 0.978. The van der Waals surface area contributed by atoms with Crippen molar-refractivity contribution >= 4 is 52.3 Å². The summed E-state index contributed by atoms with van der Waals surface area (Å²) in [6.45, 7) is 1.73. The van der Waals surface area contributed by atoms with Gasteiger partial charge in [-0.25, -0.2) is 9.59 Å². The van der Waals surface area contributed by atoms with Crippen LogP contribution >= 0.6 is 23.2 Å². The second-order valence-electron chi connectivity index (χ2n) is 7.51. The van der Waals surface area contributed by atoms with Crippen LogP contribution in [0.4, 0.5) is 39.8 Å². The summed E-state index contributed by atoms with van der Waals surface area (Å²) >= 11 is 11.8. The molecule has 0 aliphatic heterocycles. The molecule has 0 saturated heterocycles. The molecule has 3 aromatic carbocycles. The summed E-state index contributed by atoms with van der Waals surface area (Å²) in [5.74, 6) is 0. The lowest BCUT2D eigenvalue weighted by molar-refractivity contribution is -0.137. The van der Waals surface area contributed by atoms with Crippen molar-refractivity contribution in [1.29, 1.82) is 0 Å². The first kappa shape index (κ1) is 26.2. The summed E-state index contributed by atoms with van der Waals surface area (Å²) in [6.07, 6.45) is -4.58. The maximum atomic E-state index is 13.2. The van der Waals surface area contributed by atoms with Crippen molar-refractivity contribution in [1.82, 2.24) is 5.32 Å². The molecular formula is C24H21Cl2F3N4O2. The molecule has 0 unspecified atom stereocenters. The average molecular weight is 525 g/mol. The van der Waals surface area contributed by atoms with E-state index < -0.39 is 23.8 Å². The van der Waals surface area contributed by atoms with Crippen LogP contribution in [0.25, 0.3) is 0 Å². The van der Waals surface area contributed by atoms with Gasteiger partial charge in [0.2, 0.25) is 0 Å². The van der Waals surface area contributed by atoms with E-state index in [0.717, 1.165) is 22.6 Å². The molecule has 3 N–H and O–H groups in total. The molecule has 0 spiro atoms. The van der Waals surface area contributed by atoms with E-state index in [-0.39, 0.29) is 23.8 Å². The fourth-order valence-electron chi connectivity index (χ4n) is 3.06. The Labute approximate surface area is 210 Å². The molecule has 3 aromatic rings. The van der Waals surface area contributed by atoms with Crippen molar-refractivity contribution < 1.29 is 22.8 Å². The molecule has 11 heteroatoms. The Kier molecular flexibility index (Phi) is 8.48. The number of amides is 4. The van der Waals surface area contributed by atoms with Crippen molar-refractivity contribution in [2.24, 2.45) is 0 Å². The van der Waals surface area contributed by atoms with Crippen molar-refractivity contribution in [3.63, 3.8) is 0 Å². The number of rotatable bonds is 6. The van der Waals surface area contributed by atoms with Crippen LogP contribution in [-0.2, 0) is 6.18 Å². The third-order valence-electron chi connectivity index (χ3n) is 4.83. The van der Waals surface area contributed by atoms with Gasteiger partial charge in [0, 0.05) is 30.2 Å². The van der Waals surface area contributed by atoms with Gasteiger partial charge in [-0.3, -0.25) is 4.90 Å². The first-order valence-electron chi connectivity index (χ1n) is 10.4. The fraction of sp³-hybridized carbons (Fsp3) is 0.167. The molecule has 0 aliphatic carbocycles. The minimum atomic E-state index is -4.58. The summed E-state index contributed by atoms with van der Waals surface area (Å²) in [4.78, 5) is 26.3. The predicted octanol–water partition coefficient (Wildman–Crippen LogP) is 7.18. The zero-order valence-electron chi connectivity index (χ0n) is 18.4. The molecule has 0 heterocycles. The quantitative estimate of drug-likeness (QED) is 0.319. The molecule has 0 radical (unpaired) electrons. The van der Waals surface area contributed by atoms with E-state index in [1.54, 1.807) is 30.3 Å². The monoisotopic (exact) mass is 524 g/mol. The molecule has 184 valence electrons. The molecule has 0 bridgehead atoms. The van der Waals surface area contributed by atoms with E-state index in [4.69, 9.17) is 23.2 Å². The van der Waals surface area contributed by atoms with Crippen LogP contribution in [-0.4, -0.2) is 25.2 Å². The third-order valence-corrected chi connectivity index (χ3v) is 5.57. The van der Waals surface area contributed by atoms with Gasteiger partial charge in [0.05, 0.1) is 15.6 Å². The number of nitrogens with one attached hydrogen (secondary N) is 3. The molecule has 0 saturated carbocycles. The van der Waals surface area contributed by atoms with Gasteiger partial charge in [-0.15, -0.1) is 0 Å². The normalized spacial score (nSPS) is 11.0. The third kappa shape index (κ3) is 7.53. The highest BCUT2D eigenvalue weighted by atomic mass is 35.5. The van der Waals surface area contributed by atoms with Gasteiger partial charge in [-0.05, 0) is 55.5 Å². The highest BCUT2D eigenvalue weighted by Crippen LogP contribution is 2.32. The van der Waals surface area contributed by atoms with Crippen LogP contribution in [0.5, 0.6) is 0 Å². The Morgan fingerprint density at radius 3 is 2.23 bits per heavy atom. The number of anilines is 3. The molecular weight excluding hydrogens is 504 g/mol. The second kappa shape index (κ2) is 11.3. The van der Waals surface area contributed by atoms with E-state index in [9.17, 15) is 22.8 Å². The van der Waals surface area contributed by atoms with Crippen LogP contribution in [0.2, 0.25) is 10.0 Å². The maximum absolute atomic E-state index is 13.2. The van der Waals surface area contributed by atoms with Gasteiger partial charge in [-0.2, -0.15) is 13.2 Å². The first-order valence-corrected chi connectivity index (χ1v) is 11.1. The Morgan fingerprint density at radius 2 is 1.57 bits per heavy atom. The van der Waals surface area contributed by atoms with Gasteiger partial charge in [-0.1, -0.05) is 47.0 Å². The predicted molar refractivity (Wildman–Crippen MR) is 132 cm³/mol. The highest BCUT2D eigenvalue weighted by molar-refractivity contribution is 6.42. The molecule has 0 aromatic heterocycles. The number of aryl methyl sites for hydroxylation is 1. The van der Waals surface area contributed by atoms with Crippen molar-refractivity contribution in [3.05, 3.63) is 87.9 Å². The number of urea groups is 2. The van der Waals surface area contributed by atoms with Crippen LogP contribution in [0.1, 0.15) is 11.1 Å². The van der Waals surface area contributed by atoms with Crippen LogP contribution in [0.3, 0.4) is 0 Å². The molecule has 6 nitrogen and oxygen atoms in total. The van der Waals surface area contributed by atoms with Gasteiger partial charge >= 0.3 is 18.2 Å². The molecule has 35 heavy (non-hydrogen) atoms. The van der Waals surface area contributed by atoms with E-state index in [0.29, 0.717) is 16.4 Å². The minimum Gasteiger partial charge on any atom is -0.336 e. The second-order valence-corrected chi connectivity index (χ2v) is 8.32. The zero-order valence-corrected chi connectivity index (χ0v) is 19.9. The van der Waals surface area contributed by atoms with E-state index >= 15 is 0 Å². The van der Waals surface area contributed by atoms with E-state index in [1.807, 2.05) is 6.92 Å². The van der Waals surface area contributed by atoms with Crippen molar-refractivity contribution in [2.45, 2.75) is 13.1 Å². The summed E-state index contributed by atoms with van der Waals surface area (Å²) in [7, 11) is 0. The van der Waals surface area contributed by atoms with E-state index in [2.05, 4.69) is 16.0 Å². The van der Waals surface area contributed by atoms with E-state index in [1.165, 1.54) is 24.3 Å². The Balaban J connectivity index is 1.72. The van der Waals surface area contributed by atoms with Gasteiger partial charge in [0.15, 0.2) is 0 Å². The number of hydrogen-bond acceptors (Lipinski definition) is 2. The van der Waals surface area contributed by atoms with Gasteiger partial charge in [0.1, 0.15) is 0 Å². The largest absolute Gasteiger partial charge is 0.416 e. The lowest BCUT2D eigenvalue weighted by atomic mass is 10.2. The molecule has 0 atom stereocenters. The Hall–Kier alpha value is -3.43. The number of benzene rings is 3. The molecule has 0 aliphatic rings. The summed E-state index contributed by atoms with van der Waals surface area (Å²) in [6, 6.07) is 14.6. The maximum Gasteiger partial charge on any atom is 0.416 e. The number of carbonyl (C=O) groups is 2. The number of hydrogen-bond donors (Lipinski definition) is 3. The number of carbonyl (C=O) groups excluding carboxylic acids is 2. The topological polar surface area (TPSA) is 73.5 Å². The average Bonchev–Trinajstić information content (AvgIpc) is 2.80. The zero-order chi connectivity index (χ0) is 25.6. The van der Waals surface area contributed by atoms with Crippen LogP contribution < -0.4 is 20.9 Å². The Morgan fingerprint density at radius 1 is 0.886 bits per heavy atom. The lowest BCUT2D eigenvalue weighted by Gasteiger charge is -2.24. The van der Waals surface area contributed by atoms with Crippen molar-refractivity contribution in [3.8, 4) is 0 Å². The lowest BCUT2D eigenvalue weighted by Crippen LogP contribution is -2.42. The van der Waals surface area contributed by atoms with Crippen LogP contribution in [0.15, 0.2) is 66.7 Å². The Bertz CT molecular complexity index is 1200. The number of nitrogens with zero attached hydrogens (tertiary/aromatic N) is 1. The SMILES string of the molecule is Cc1ccc(NC(=O)N(CCNC(=O)Nc2ccc(Cl)c(Cl)c2)c2cccc(C(F)(F)F)c2)cc1. The molecule has 3 rings (SSSR count). The number of halogens is 5. The highest BCUT2D eigenvalue weighted by Gasteiger charge is 2.31.